The van der Waals surface area contributed by atoms with E-state index >= 15 is 0 Å². The normalized spacial score (nSPS) is 38.5. The molecular weight excluding hydrogens is 234 g/mol. The van der Waals surface area contributed by atoms with E-state index in [0.29, 0.717) is 11.7 Å². The Kier molecular flexibility index (Phi) is 3.47. The third-order valence-electron chi connectivity index (χ3n) is 4.12. The molecule has 17 heavy (non-hydrogen) atoms. The van der Waals surface area contributed by atoms with Crippen LogP contribution in [0.5, 0.6) is 0 Å². The molecule has 0 amide bonds. The quantitative estimate of drug-likeness (QED) is 0.758. The highest BCUT2D eigenvalue weighted by molar-refractivity contribution is 8.01. The Morgan fingerprint density at radius 2 is 2.12 bits per heavy atom. The molecule has 0 aromatic rings. The van der Waals surface area contributed by atoms with Gasteiger partial charge in [-0.05, 0) is 24.2 Å². The first-order valence-electron chi connectivity index (χ1n) is 6.50. The van der Waals surface area contributed by atoms with E-state index in [-0.39, 0.29) is 16.3 Å². The molecule has 2 fully saturated rings. The highest BCUT2D eigenvalue weighted by Crippen LogP contribution is 2.52. The highest BCUT2D eigenvalue weighted by atomic mass is 32.2. The van der Waals surface area contributed by atoms with Crippen molar-refractivity contribution in [2.24, 2.45) is 11.3 Å². The minimum Gasteiger partial charge on any atom is -0.480 e. The van der Waals surface area contributed by atoms with Crippen LogP contribution >= 0.6 is 11.8 Å². The number of hydrogen-bond donors (Lipinski definition) is 2. The largest absolute Gasteiger partial charge is 0.480 e. The Labute approximate surface area is 108 Å². The van der Waals surface area contributed by atoms with Crippen molar-refractivity contribution in [2.75, 3.05) is 5.75 Å². The molecule has 0 aromatic heterocycles. The number of aliphatic carboxylic acids is 1. The molecule has 2 aliphatic rings. The van der Waals surface area contributed by atoms with Crippen LogP contribution in [-0.2, 0) is 4.79 Å². The maximum atomic E-state index is 11.1. The maximum absolute atomic E-state index is 11.1. The molecule has 1 saturated heterocycles. The smallest absolute Gasteiger partial charge is 0.321 e. The number of rotatable bonds is 1. The second kappa shape index (κ2) is 4.47. The van der Waals surface area contributed by atoms with Crippen LogP contribution in [-0.4, -0.2) is 27.7 Å². The summed E-state index contributed by atoms with van der Waals surface area (Å²) < 4.78 is 0. The first kappa shape index (κ1) is 13.2. The molecule has 4 heteroatoms. The van der Waals surface area contributed by atoms with Crippen LogP contribution in [0, 0.1) is 11.3 Å². The van der Waals surface area contributed by atoms with E-state index in [1.165, 1.54) is 19.3 Å². The van der Waals surface area contributed by atoms with Gasteiger partial charge in [0.1, 0.15) is 6.04 Å². The average molecular weight is 257 g/mol. The molecule has 3 atom stereocenters. The summed E-state index contributed by atoms with van der Waals surface area (Å²) in [5.74, 6) is 0.577. The van der Waals surface area contributed by atoms with Gasteiger partial charge >= 0.3 is 5.97 Å². The molecule has 1 aliphatic heterocycles. The predicted octanol–water partition coefficient (Wildman–Crippen LogP) is 2.71. The molecule has 0 bridgehead atoms. The van der Waals surface area contributed by atoms with E-state index in [9.17, 15) is 4.79 Å². The second-order valence-electron chi connectivity index (χ2n) is 6.40. The van der Waals surface area contributed by atoms with E-state index in [1.807, 2.05) is 11.8 Å². The van der Waals surface area contributed by atoms with Gasteiger partial charge in [0.25, 0.3) is 0 Å². The molecule has 0 radical (unpaired) electrons. The zero-order valence-corrected chi connectivity index (χ0v) is 11.8. The summed E-state index contributed by atoms with van der Waals surface area (Å²) in [6.45, 7) is 6.84. The van der Waals surface area contributed by atoms with Gasteiger partial charge in [-0.2, -0.15) is 0 Å². The van der Waals surface area contributed by atoms with E-state index in [4.69, 9.17) is 5.11 Å². The summed E-state index contributed by atoms with van der Waals surface area (Å²) in [6.07, 6.45) is 4.84. The van der Waals surface area contributed by atoms with Crippen molar-refractivity contribution >= 4 is 17.7 Å². The minimum atomic E-state index is -0.701. The summed E-state index contributed by atoms with van der Waals surface area (Å²) in [7, 11) is 0. The van der Waals surface area contributed by atoms with E-state index < -0.39 is 5.97 Å². The first-order valence-corrected chi connectivity index (χ1v) is 7.48. The Hall–Kier alpha value is -0.220. The van der Waals surface area contributed by atoms with Gasteiger partial charge in [0, 0.05) is 5.75 Å². The molecule has 2 N–H and O–H groups in total. The topological polar surface area (TPSA) is 49.3 Å². The Morgan fingerprint density at radius 3 is 2.65 bits per heavy atom. The van der Waals surface area contributed by atoms with Gasteiger partial charge in [-0.15, -0.1) is 11.8 Å². The molecule has 1 saturated carbocycles. The number of thioether (sulfide) groups is 1. The summed E-state index contributed by atoms with van der Waals surface area (Å²) >= 11 is 1.85. The Morgan fingerprint density at radius 1 is 1.41 bits per heavy atom. The van der Waals surface area contributed by atoms with Crippen LogP contribution in [0.15, 0.2) is 0 Å². The van der Waals surface area contributed by atoms with Gasteiger partial charge in [-0.3, -0.25) is 10.1 Å². The van der Waals surface area contributed by atoms with Crippen LogP contribution in [0.2, 0.25) is 0 Å². The van der Waals surface area contributed by atoms with Crippen LogP contribution in [0.25, 0.3) is 0 Å². The molecule has 3 unspecified atom stereocenters. The van der Waals surface area contributed by atoms with Gasteiger partial charge < -0.3 is 5.11 Å². The van der Waals surface area contributed by atoms with E-state index in [1.54, 1.807) is 0 Å². The fourth-order valence-electron chi connectivity index (χ4n) is 3.36. The summed E-state index contributed by atoms with van der Waals surface area (Å²) in [6, 6.07) is -0.358. The lowest BCUT2D eigenvalue weighted by molar-refractivity contribution is -0.139. The molecule has 1 spiro atoms. The summed E-state index contributed by atoms with van der Waals surface area (Å²) in [4.78, 5) is 11.1. The number of carboxylic acid groups (broad SMARTS) is 1. The minimum absolute atomic E-state index is 0.0134. The van der Waals surface area contributed by atoms with Gasteiger partial charge in [-0.1, -0.05) is 33.6 Å². The van der Waals surface area contributed by atoms with Gasteiger partial charge in [-0.25, -0.2) is 0 Å². The lowest BCUT2D eigenvalue weighted by Gasteiger charge is -2.47. The standard InChI is InChI=1S/C13H23NO2S/c1-12(2,3)10-6-4-5-7-13(10)14-9(8-17-13)11(15)16/h9-10,14H,4-8H2,1-3H3,(H,15,16). The van der Waals surface area contributed by atoms with Crippen LogP contribution < -0.4 is 5.32 Å². The van der Waals surface area contributed by atoms with Crippen molar-refractivity contribution in [3.63, 3.8) is 0 Å². The number of carboxylic acids is 1. The third-order valence-corrected chi connectivity index (χ3v) is 5.75. The molecule has 1 heterocycles. The average Bonchev–Trinajstić information content (AvgIpc) is 2.62. The molecule has 1 aliphatic carbocycles. The van der Waals surface area contributed by atoms with Crippen molar-refractivity contribution in [3.8, 4) is 0 Å². The van der Waals surface area contributed by atoms with Crippen molar-refractivity contribution < 1.29 is 9.90 Å². The fourth-order valence-corrected chi connectivity index (χ4v) is 5.24. The van der Waals surface area contributed by atoms with Crippen molar-refractivity contribution in [1.29, 1.82) is 0 Å². The predicted molar refractivity (Wildman–Crippen MR) is 71.2 cm³/mol. The lowest BCUT2D eigenvalue weighted by atomic mass is 9.69. The number of nitrogens with one attached hydrogen (secondary N) is 1. The molecular formula is C13H23NO2S. The number of hydrogen-bond acceptors (Lipinski definition) is 3. The fraction of sp³-hybridized carbons (Fsp3) is 0.923. The van der Waals surface area contributed by atoms with Gasteiger partial charge in [0.05, 0.1) is 4.87 Å². The van der Waals surface area contributed by atoms with E-state index in [0.717, 1.165) is 6.42 Å². The molecule has 2 rings (SSSR count). The lowest BCUT2D eigenvalue weighted by Crippen LogP contribution is -2.54. The second-order valence-corrected chi connectivity index (χ2v) is 7.75. The molecule has 0 aromatic carbocycles. The zero-order chi connectivity index (χ0) is 12.7. The Balaban J connectivity index is 2.19. The van der Waals surface area contributed by atoms with Crippen molar-refractivity contribution in [3.05, 3.63) is 0 Å². The summed E-state index contributed by atoms with van der Waals surface area (Å²) in [5, 5.41) is 12.6. The third kappa shape index (κ3) is 2.48. The molecule has 98 valence electrons. The van der Waals surface area contributed by atoms with Gasteiger partial charge in [0.15, 0.2) is 0 Å². The zero-order valence-electron chi connectivity index (χ0n) is 11.0. The van der Waals surface area contributed by atoms with Crippen molar-refractivity contribution in [1.82, 2.24) is 5.32 Å². The monoisotopic (exact) mass is 257 g/mol. The van der Waals surface area contributed by atoms with E-state index in [2.05, 4.69) is 26.1 Å². The van der Waals surface area contributed by atoms with Crippen LogP contribution in [0.3, 0.4) is 0 Å². The molecule has 3 nitrogen and oxygen atoms in total. The number of carbonyl (C=O) groups is 1. The van der Waals surface area contributed by atoms with Crippen molar-refractivity contribution in [2.45, 2.75) is 57.4 Å². The highest BCUT2D eigenvalue weighted by Gasteiger charge is 2.51. The SMILES string of the molecule is CC(C)(C)C1CCCCC12NC(C(=O)O)CS2. The van der Waals surface area contributed by atoms with Gasteiger partial charge in [0.2, 0.25) is 0 Å². The Bertz CT molecular complexity index is 313. The first-order chi connectivity index (χ1) is 7.85. The van der Waals surface area contributed by atoms with Crippen LogP contribution in [0.4, 0.5) is 0 Å². The van der Waals surface area contributed by atoms with Crippen LogP contribution in [0.1, 0.15) is 46.5 Å². The summed E-state index contributed by atoms with van der Waals surface area (Å²) in [5.41, 5.74) is 0.244. The maximum Gasteiger partial charge on any atom is 0.321 e.